The van der Waals surface area contributed by atoms with Gasteiger partial charge in [-0.3, -0.25) is 9.67 Å². The summed E-state index contributed by atoms with van der Waals surface area (Å²) in [5, 5.41) is 7.22. The van der Waals surface area contributed by atoms with Crippen LogP contribution < -0.4 is 23.7 Å². The number of nitrogens with zero attached hydrogens (tertiary/aromatic N) is 2. The minimum atomic E-state index is 0.427. The van der Waals surface area contributed by atoms with Gasteiger partial charge in [0.15, 0.2) is 33.6 Å². The predicted molar refractivity (Wildman–Crippen MR) is 107 cm³/mol. The molecule has 148 valence electrons. The van der Waals surface area contributed by atoms with Crippen molar-refractivity contribution >= 4 is 12.2 Å². The number of aromatic amines is 1. The van der Waals surface area contributed by atoms with E-state index in [9.17, 15) is 0 Å². The second-order valence-corrected chi connectivity index (χ2v) is 6.03. The molecule has 2 aromatic carbocycles. The highest BCUT2D eigenvalue weighted by molar-refractivity contribution is 7.71. The van der Waals surface area contributed by atoms with Crippen molar-refractivity contribution in [2.45, 2.75) is 0 Å². The maximum atomic E-state index is 5.45. The van der Waals surface area contributed by atoms with Gasteiger partial charge in [0.05, 0.1) is 41.2 Å². The Balaban J connectivity index is 2.21. The van der Waals surface area contributed by atoms with E-state index in [0.717, 1.165) is 11.3 Å². The van der Waals surface area contributed by atoms with E-state index in [1.165, 1.54) is 0 Å². The van der Waals surface area contributed by atoms with Crippen molar-refractivity contribution in [3.05, 3.63) is 35.1 Å². The lowest BCUT2D eigenvalue weighted by atomic mass is 10.1. The first kappa shape index (κ1) is 19.6. The van der Waals surface area contributed by atoms with Crippen LogP contribution in [0.5, 0.6) is 28.7 Å². The number of H-pyrrole nitrogens is 1. The third-order valence-corrected chi connectivity index (χ3v) is 4.49. The summed E-state index contributed by atoms with van der Waals surface area (Å²) in [5.41, 5.74) is 1.50. The maximum Gasteiger partial charge on any atom is 0.203 e. The number of rotatable bonds is 7. The minimum absolute atomic E-state index is 0.427. The lowest BCUT2D eigenvalue weighted by Crippen LogP contribution is -2.01. The van der Waals surface area contributed by atoms with Crippen molar-refractivity contribution in [2.24, 2.45) is 0 Å². The summed E-state index contributed by atoms with van der Waals surface area (Å²) in [4.78, 5) is 0. The Kier molecular flexibility index (Phi) is 5.74. The molecule has 0 saturated heterocycles. The molecule has 0 aliphatic carbocycles. The number of hydrogen-bond donors (Lipinski definition) is 1. The Morgan fingerprint density at radius 2 is 1.39 bits per heavy atom. The molecule has 28 heavy (non-hydrogen) atoms. The van der Waals surface area contributed by atoms with Crippen LogP contribution in [0.3, 0.4) is 0 Å². The average molecular weight is 403 g/mol. The molecule has 9 heteroatoms. The fraction of sp³-hybridized carbons (Fsp3) is 0.263. The number of hydrogen-bond acceptors (Lipinski definition) is 7. The Morgan fingerprint density at radius 1 is 0.786 bits per heavy atom. The highest BCUT2D eigenvalue weighted by Crippen LogP contribution is 2.41. The van der Waals surface area contributed by atoms with Crippen LogP contribution in [-0.4, -0.2) is 50.3 Å². The fourth-order valence-electron chi connectivity index (χ4n) is 2.90. The molecule has 8 nitrogen and oxygen atoms in total. The molecule has 3 rings (SSSR count). The predicted octanol–water partition coefficient (Wildman–Crippen LogP) is 3.64. The van der Waals surface area contributed by atoms with Crippen LogP contribution in [0.2, 0.25) is 0 Å². The number of nitrogens with one attached hydrogen (secondary N) is 1. The third-order valence-electron chi connectivity index (χ3n) is 4.22. The number of benzene rings is 2. The number of methoxy groups -OCH3 is 5. The maximum absolute atomic E-state index is 5.45. The first-order valence-corrected chi connectivity index (χ1v) is 8.69. The zero-order chi connectivity index (χ0) is 20.3. The van der Waals surface area contributed by atoms with Crippen LogP contribution in [0.15, 0.2) is 30.3 Å². The number of ether oxygens (including phenoxy) is 5. The summed E-state index contributed by atoms with van der Waals surface area (Å²) in [5.74, 6) is 3.32. The zero-order valence-electron chi connectivity index (χ0n) is 16.2. The van der Waals surface area contributed by atoms with E-state index in [4.69, 9.17) is 35.9 Å². The van der Waals surface area contributed by atoms with Gasteiger partial charge in [-0.2, -0.15) is 5.10 Å². The first-order chi connectivity index (χ1) is 13.6. The van der Waals surface area contributed by atoms with E-state index in [1.807, 2.05) is 30.3 Å². The van der Waals surface area contributed by atoms with E-state index < -0.39 is 0 Å². The van der Waals surface area contributed by atoms with Gasteiger partial charge >= 0.3 is 0 Å². The van der Waals surface area contributed by atoms with Crippen LogP contribution in [0, 0.1) is 4.77 Å². The molecule has 0 fully saturated rings. The highest BCUT2D eigenvalue weighted by atomic mass is 32.1. The van der Waals surface area contributed by atoms with E-state index in [1.54, 1.807) is 40.1 Å². The topological polar surface area (TPSA) is 79.8 Å². The van der Waals surface area contributed by atoms with Gasteiger partial charge in [0, 0.05) is 11.6 Å². The summed E-state index contributed by atoms with van der Waals surface area (Å²) in [6, 6.07) is 9.12. The Bertz CT molecular complexity index is 1020. The van der Waals surface area contributed by atoms with Gasteiger partial charge in [-0.25, -0.2) is 0 Å². The van der Waals surface area contributed by atoms with Crippen molar-refractivity contribution in [3.8, 4) is 45.8 Å². The second kappa shape index (κ2) is 8.22. The van der Waals surface area contributed by atoms with Crippen molar-refractivity contribution in [1.82, 2.24) is 14.8 Å². The molecule has 0 aliphatic heterocycles. The molecule has 0 radical (unpaired) electrons. The van der Waals surface area contributed by atoms with E-state index in [2.05, 4.69) is 10.2 Å². The Labute approximate surface area is 167 Å². The lowest BCUT2D eigenvalue weighted by molar-refractivity contribution is 0.324. The smallest absolute Gasteiger partial charge is 0.203 e. The summed E-state index contributed by atoms with van der Waals surface area (Å²) in [6.07, 6.45) is 0. The fourth-order valence-corrected chi connectivity index (χ4v) is 3.14. The third kappa shape index (κ3) is 3.36. The van der Waals surface area contributed by atoms with E-state index in [-0.39, 0.29) is 0 Å². The normalized spacial score (nSPS) is 10.5. The van der Waals surface area contributed by atoms with Crippen molar-refractivity contribution < 1.29 is 23.7 Å². The molecule has 0 aliphatic rings. The second-order valence-electron chi connectivity index (χ2n) is 5.64. The summed E-state index contributed by atoms with van der Waals surface area (Å²) >= 11 is 5.45. The van der Waals surface area contributed by atoms with Crippen LogP contribution in [0.25, 0.3) is 17.1 Å². The quantitative estimate of drug-likeness (QED) is 0.603. The largest absolute Gasteiger partial charge is 0.493 e. The minimum Gasteiger partial charge on any atom is -0.493 e. The standard InChI is InChI=1S/C19H21N3O5S/c1-23-13-7-6-12(10-14(13)24-2)22-18(20-21-19(22)28)11-8-15(25-3)17(27-5)16(9-11)26-4/h6-10H,1-5H3,(H,21,28). The monoisotopic (exact) mass is 403 g/mol. The lowest BCUT2D eigenvalue weighted by Gasteiger charge is -2.15. The average Bonchev–Trinajstić information content (AvgIpc) is 3.13. The molecule has 0 amide bonds. The van der Waals surface area contributed by atoms with E-state index in [0.29, 0.717) is 39.3 Å². The van der Waals surface area contributed by atoms with Gasteiger partial charge in [0.2, 0.25) is 5.75 Å². The van der Waals surface area contributed by atoms with Crippen LogP contribution >= 0.6 is 12.2 Å². The molecule has 0 atom stereocenters. The summed E-state index contributed by atoms with van der Waals surface area (Å²) in [6.45, 7) is 0. The zero-order valence-corrected chi connectivity index (χ0v) is 17.0. The van der Waals surface area contributed by atoms with Crippen LogP contribution in [-0.2, 0) is 0 Å². The van der Waals surface area contributed by atoms with Crippen LogP contribution in [0.1, 0.15) is 0 Å². The SMILES string of the molecule is COc1ccc(-n2c(-c3cc(OC)c(OC)c(OC)c3)n[nH]c2=S)cc1OC. The van der Waals surface area contributed by atoms with Crippen molar-refractivity contribution in [2.75, 3.05) is 35.5 Å². The van der Waals surface area contributed by atoms with Crippen molar-refractivity contribution in [1.29, 1.82) is 0 Å². The van der Waals surface area contributed by atoms with Crippen molar-refractivity contribution in [3.63, 3.8) is 0 Å². The van der Waals surface area contributed by atoms with Gasteiger partial charge < -0.3 is 23.7 Å². The molecule has 0 bridgehead atoms. The first-order valence-electron chi connectivity index (χ1n) is 8.28. The summed E-state index contributed by atoms with van der Waals surface area (Å²) < 4.78 is 29.2. The molecule has 1 N–H and O–H groups in total. The van der Waals surface area contributed by atoms with Gasteiger partial charge in [-0.05, 0) is 36.5 Å². The molecule has 0 spiro atoms. The molecule has 0 saturated carbocycles. The van der Waals surface area contributed by atoms with Gasteiger partial charge in [-0.1, -0.05) is 0 Å². The van der Waals surface area contributed by atoms with Crippen LogP contribution in [0.4, 0.5) is 0 Å². The van der Waals surface area contributed by atoms with E-state index >= 15 is 0 Å². The highest BCUT2D eigenvalue weighted by Gasteiger charge is 2.19. The molecular formula is C19H21N3O5S. The molecular weight excluding hydrogens is 382 g/mol. The molecule has 0 unspecified atom stereocenters. The van der Waals surface area contributed by atoms with Gasteiger partial charge in [-0.15, -0.1) is 0 Å². The Morgan fingerprint density at radius 3 is 1.93 bits per heavy atom. The summed E-state index contributed by atoms with van der Waals surface area (Å²) in [7, 11) is 7.84. The molecule has 1 aromatic heterocycles. The number of aromatic nitrogens is 3. The molecule has 1 heterocycles. The van der Waals surface area contributed by atoms with Gasteiger partial charge in [0.25, 0.3) is 0 Å². The Hall–Kier alpha value is -3.20. The van der Waals surface area contributed by atoms with Gasteiger partial charge in [0.1, 0.15) is 0 Å². The molecule has 3 aromatic rings.